The first-order valence-corrected chi connectivity index (χ1v) is 14.4. The van der Waals surface area contributed by atoms with Crippen LogP contribution >= 0.6 is 0 Å². The smallest absolute Gasteiger partial charge is 0.229 e. The molecule has 0 saturated carbocycles. The van der Waals surface area contributed by atoms with Crippen molar-refractivity contribution in [2.45, 2.75) is 27.3 Å². The fourth-order valence-corrected chi connectivity index (χ4v) is 4.94. The number of amides is 1. The zero-order chi connectivity index (χ0) is 29.7. The van der Waals surface area contributed by atoms with Gasteiger partial charge in [-0.3, -0.25) is 19.3 Å². The summed E-state index contributed by atoms with van der Waals surface area (Å²) in [6.45, 7) is 11.4. The second-order valence-electron chi connectivity index (χ2n) is 11.8. The Morgan fingerprint density at radius 2 is 1.71 bits per heavy atom. The number of aryl methyl sites for hydroxylation is 1. The van der Waals surface area contributed by atoms with Gasteiger partial charge in [-0.25, -0.2) is 9.97 Å². The van der Waals surface area contributed by atoms with Crippen molar-refractivity contribution in [2.24, 2.45) is 12.5 Å². The summed E-state index contributed by atoms with van der Waals surface area (Å²) >= 11 is 0. The molecule has 2 aromatic carbocycles. The Balaban J connectivity index is 1.29. The molecule has 0 atom stereocenters. The van der Waals surface area contributed by atoms with E-state index in [4.69, 9.17) is 10.1 Å². The molecule has 3 N–H and O–H groups in total. The van der Waals surface area contributed by atoms with Gasteiger partial charge in [-0.05, 0) is 35.9 Å². The van der Waals surface area contributed by atoms with Gasteiger partial charge >= 0.3 is 0 Å². The van der Waals surface area contributed by atoms with Crippen LogP contribution in [-0.2, 0) is 18.4 Å². The minimum absolute atomic E-state index is 0.0302. The summed E-state index contributed by atoms with van der Waals surface area (Å²) < 4.78 is 1.78. The molecule has 0 spiro atoms. The predicted molar refractivity (Wildman–Crippen MR) is 166 cm³/mol. The van der Waals surface area contributed by atoms with Crippen LogP contribution in [0.1, 0.15) is 26.3 Å². The average molecular weight is 569 g/mol. The number of rotatable bonds is 9. The summed E-state index contributed by atoms with van der Waals surface area (Å²) in [6, 6.07) is 18.0. The minimum atomic E-state index is -0.468. The molecule has 1 aliphatic rings. The SMILES string of the molecule is Cn1cc(-c2ccnc(Nc3cccc(CN4CCN(CCO)CC4)c3)n2)c(-c2ccc(NC(=O)C(C)(C)C)cc2)n1. The first-order chi connectivity index (χ1) is 20.2. The first-order valence-electron chi connectivity index (χ1n) is 14.4. The van der Waals surface area contributed by atoms with Crippen LogP contribution in [0, 0.1) is 5.41 Å². The van der Waals surface area contributed by atoms with E-state index < -0.39 is 5.41 Å². The monoisotopic (exact) mass is 568 g/mol. The number of anilines is 3. The maximum absolute atomic E-state index is 12.4. The van der Waals surface area contributed by atoms with Crippen molar-refractivity contribution in [3.63, 3.8) is 0 Å². The molecule has 5 rings (SSSR count). The highest BCUT2D eigenvalue weighted by Gasteiger charge is 2.21. The molecule has 10 heteroatoms. The molecule has 3 heterocycles. The van der Waals surface area contributed by atoms with Crippen molar-refractivity contribution < 1.29 is 9.90 Å². The number of nitrogens with one attached hydrogen (secondary N) is 2. The van der Waals surface area contributed by atoms with Gasteiger partial charge in [0.15, 0.2) is 0 Å². The molecule has 1 saturated heterocycles. The van der Waals surface area contributed by atoms with E-state index in [0.29, 0.717) is 5.95 Å². The molecular weight excluding hydrogens is 528 g/mol. The van der Waals surface area contributed by atoms with Crippen molar-refractivity contribution in [1.29, 1.82) is 0 Å². The summed E-state index contributed by atoms with van der Waals surface area (Å²) in [5.41, 5.74) is 5.82. The van der Waals surface area contributed by atoms with Gasteiger partial charge in [0.2, 0.25) is 11.9 Å². The van der Waals surface area contributed by atoms with E-state index in [1.54, 1.807) is 10.9 Å². The van der Waals surface area contributed by atoms with E-state index in [-0.39, 0.29) is 12.5 Å². The van der Waals surface area contributed by atoms with Crippen LogP contribution in [0.2, 0.25) is 0 Å². The molecule has 220 valence electrons. The van der Waals surface area contributed by atoms with E-state index in [9.17, 15) is 9.90 Å². The van der Waals surface area contributed by atoms with E-state index in [1.165, 1.54) is 5.56 Å². The van der Waals surface area contributed by atoms with Crippen LogP contribution in [0.5, 0.6) is 0 Å². The zero-order valence-corrected chi connectivity index (χ0v) is 24.8. The Morgan fingerprint density at radius 3 is 2.43 bits per heavy atom. The van der Waals surface area contributed by atoms with Crippen LogP contribution in [0.15, 0.2) is 67.0 Å². The summed E-state index contributed by atoms with van der Waals surface area (Å²) in [5, 5.41) is 20.2. The fraction of sp³-hybridized carbons (Fsp3) is 0.375. The Bertz CT molecular complexity index is 1500. The van der Waals surface area contributed by atoms with Crippen molar-refractivity contribution in [3.05, 3.63) is 72.6 Å². The van der Waals surface area contributed by atoms with Gasteiger partial charge in [0.25, 0.3) is 0 Å². The number of aliphatic hydroxyl groups excluding tert-OH is 1. The standard InChI is InChI=1S/C32H40N8O2/c1-32(2,3)30(42)34-25-10-8-24(9-11-25)29-27(22-38(4)37-29)28-12-13-33-31(36-28)35-26-7-5-6-23(20-26)21-40-16-14-39(15-17-40)18-19-41/h5-13,20,22,41H,14-19,21H2,1-4H3,(H,34,42)(H,33,35,36). The molecule has 2 aromatic heterocycles. The third-order valence-electron chi connectivity index (χ3n) is 7.33. The lowest BCUT2D eigenvalue weighted by molar-refractivity contribution is -0.123. The van der Waals surface area contributed by atoms with E-state index in [1.807, 2.05) is 70.4 Å². The molecule has 1 amide bonds. The molecule has 0 aliphatic carbocycles. The number of carbonyl (C=O) groups excluding carboxylic acids is 1. The van der Waals surface area contributed by atoms with Gasteiger partial charge in [-0.1, -0.05) is 45.0 Å². The van der Waals surface area contributed by atoms with Crippen molar-refractivity contribution in [1.82, 2.24) is 29.5 Å². The van der Waals surface area contributed by atoms with Gasteiger partial charge in [-0.15, -0.1) is 0 Å². The summed E-state index contributed by atoms with van der Waals surface area (Å²) in [6.07, 6.45) is 3.71. The van der Waals surface area contributed by atoms with Crippen molar-refractivity contribution >= 4 is 23.2 Å². The van der Waals surface area contributed by atoms with Crippen LogP contribution < -0.4 is 10.6 Å². The second kappa shape index (κ2) is 12.8. The second-order valence-corrected chi connectivity index (χ2v) is 11.8. The third kappa shape index (κ3) is 7.39. The minimum Gasteiger partial charge on any atom is -0.395 e. The number of piperazine rings is 1. The highest BCUT2D eigenvalue weighted by molar-refractivity contribution is 5.94. The van der Waals surface area contributed by atoms with Crippen molar-refractivity contribution in [2.75, 3.05) is 50.0 Å². The quantitative estimate of drug-likeness (QED) is 0.273. The summed E-state index contributed by atoms with van der Waals surface area (Å²) in [5.74, 6) is 0.481. The Kier molecular flexibility index (Phi) is 8.96. The molecule has 10 nitrogen and oxygen atoms in total. The van der Waals surface area contributed by atoms with Gasteiger partial charge in [0.05, 0.1) is 12.3 Å². The lowest BCUT2D eigenvalue weighted by atomic mass is 9.95. The lowest BCUT2D eigenvalue weighted by Crippen LogP contribution is -2.46. The number of aromatic nitrogens is 4. The normalized spacial score (nSPS) is 14.6. The molecule has 42 heavy (non-hydrogen) atoms. The Morgan fingerprint density at radius 1 is 0.976 bits per heavy atom. The molecule has 0 bridgehead atoms. The Hall–Kier alpha value is -4.12. The van der Waals surface area contributed by atoms with Crippen LogP contribution in [-0.4, -0.2) is 79.9 Å². The predicted octanol–water partition coefficient (Wildman–Crippen LogP) is 4.38. The maximum atomic E-state index is 12.4. The van der Waals surface area contributed by atoms with Crippen LogP contribution in [0.25, 0.3) is 22.5 Å². The number of hydrogen-bond donors (Lipinski definition) is 3. The molecule has 1 aliphatic heterocycles. The number of β-amino-alcohol motifs (C(OH)–C–C–N with tert-alkyl or cyclic N) is 1. The van der Waals surface area contributed by atoms with Gasteiger partial charge in [-0.2, -0.15) is 5.10 Å². The van der Waals surface area contributed by atoms with E-state index in [0.717, 1.165) is 73.2 Å². The van der Waals surface area contributed by atoms with Crippen LogP contribution in [0.4, 0.5) is 17.3 Å². The van der Waals surface area contributed by atoms with E-state index in [2.05, 4.69) is 43.6 Å². The molecular formula is C32H40N8O2. The molecule has 1 fully saturated rings. The van der Waals surface area contributed by atoms with E-state index >= 15 is 0 Å². The van der Waals surface area contributed by atoms with Crippen molar-refractivity contribution in [3.8, 4) is 22.5 Å². The number of carbonyl (C=O) groups is 1. The largest absolute Gasteiger partial charge is 0.395 e. The Labute approximate surface area is 247 Å². The summed E-state index contributed by atoms with van der Waals surface area (Å²) in [4.78, 5) is 26.4. The maximum Gasteiger partial charge on any atom is 0.229 e. The number of hydrogen-bond acceptors (Lipinski definition) is 8. The first kappa shape index (κ1) is 29.4. The average Bonchev–Trinajstić information content (AvgIpc) is 3.36. The summed E-state index contributed by atoms with van der Waals surface area (Å²) in [7, 11) is 1.89. The number of benzene rings is 2. The van der Waals surface area contributed by atoms with Crippen LogP contribution in [0.3, 0.4) is 0 Å². The molecule has 0 radical (unpaired) electrons. The van der Waals surface area contributed by atoms with Gasteiger partial charge < -0.3 is 15.7 Å². The molecule has 4 aromatic rings. The fourth-order valence-electron chi connectivity index (χ4n) is 4.94. The highest BCUT2D eigenvalue weighted by Crippen LogP contribution is 2.31. The number of aliphatic hydroxyl groups is 1. The van der Waals surface area contributed by atoms with Gasteiger partial charge in [0.1, 0.15) is 5.69 Å². The zero-order valence-electron chi connectivity index (χ0n) is 24.8. The third-order valence-corrected chi connectivity index (χ3v) is 7.33. The lowest BCUT2D eigenvalue weighted by Gasteiger charge is -2.34. The van der Waals surface area contributed by atoms with Gasteiger partial charge in [0, 0.05) is 86.6 Å². The highest BCUT2D eigenvalue weighted by atomic mass is 16.3. The number of nitrogens with zero attached hydrogens (tertiary/aromatic N) is 6. The topological polar surface area (TPSA) is 111 Å². The molecule has 0 unspecified atom stereocenters.